The largest absolute Gasteiger partial charge is 0.573 e. The van der Waals surface area contributed by atoms with Gasteiger partial charge in [0.25, 0.3) is 5.56 Å². The first kappa shape index (κ1) is 18.9. The van der Waals surface area contributed by atoms with Gasteiger partial charge in [0.2, 0.25) is 5.43 Å². The van der Waals surface area contributed by atoms with Crippen LogP contribution in [0.15, 0.2) is 46.0 Å². The number of hydrogen-bond donors (Lipinski definition) is 1. The van der Waals surface area contributed by atoms with Gasteiger partial charge in [-0.2, -0.15) is 0 Å². The zero-order valence-corrected chi connectivity index (χ0v) is 15.9. The minimum absolute atomic E-state index is 0.0141. The van der Waals surface area contributed by atoms with Crippen molar-refractivity contribution in [2.75, 3.05) is 0 Å². The minimum atomic E-state index is -4.82. The number of rotatable bonds is 3. The molecule has 154 valence electrons. The summed E-state index contributed by atoms with van der Waals surface area (Å²) in [7, 11) is 0. The summed E-state index contributed by atoms with van der Waals surface area (Å²) >= 11 is 1.06. The average Bonchev–Trinajstić information content (AvgIpc) is 3.44. The lowest BCUT2D eigenvalue weighted by Gasteiger charge is -2.14. The smallest absolute Gasteiger partial charge is 0.406 e. The number of H-pyrrole nitrogens is 1. The van der Waals surface area contributed by atoms with Gasteiger partial charge in [-0.1, -0.05) is 12.1 Å². The molecule has 2 aromatic heterocycles. The first-order chi connectivity index (χ1) is 14.2. The van der Waals surface area contributed by atoms with E-state index < -0.39 is 28.9 Å². The van der Waals surface area contributed by atoms with Gasteiger partial charge in [-0.3, -0.25) is 14.0 Å². The van der Waals surface area contributed by atoms with E-state index in [1.165, 1.54) is 18.2 Å². The highest BCUT2D eigenvalue weighted by Gasteiger charge is 2.31. The molecule has 5 nitrogen and oxygen atoms in total. The van der Waals surface area contributed by atoms with E-state index in [0.29, 0.717) is 15.9 Å². The Hall–Kier alpha value is -3.14. The van der Waals surface area contributed by atoms with Crippen molar-refractivity contribution in [1.29, 1.82) is 0 Å². The van der Waals surface area contributed by atoms with Crippen molar-refractivity contribution in [2.45, 2.75) is 25.2 Å². The van der Waals surface area contributed by atoms with Crippen LogP contribution in [-0.4, -0.2) is 15.3 Å². The second-order valence-corrected chi connectivity index (χ2v) is 7.86. The molecule has 1 fully saturated rings. The number of fused-ring (bicyclic) bond motifs is 2. The molecule has 0 atom stereocenters. The lowest BCUT2D eigenvalue weighted by atomic mass is 10.0. The maximum Gasteiger partial charge on any atom is 0.573 e. The van der Waals surface area contributed by atoms with Crippen LogP contribution >= 0.6 is 11.5 Å². The van der Waals surface area contributed by atoms with Crippen molar-refractivity contribution in [3.63, 3.8) is 0 Å². The van der Waals surface area contributed by atoms with Gasteiger partial charge < -0.3 is 9.30 Å². The Labute approximate surface area is 169 Å². The van der Waals surface area contributed by atoms with Gasteiger partial charge in [-0.25, -0.2) is 4.39 Å². The molecule has 30 heavy (non-hydrogen) atoms. The van der Waals surface area contributed by atoms with Gasteiger partial charge in [0.15, 0.2) is 0 Å². The van der Waals surface area contributed by atoms with Crippen LogP contribution in [0.4, 0.5) is 17.6 Å². The van der Waals surface area contributed by atoms with Gasteiger partial charge in [-0.05, 0) is 54.2 Å². The monoisotopic (exact) mass is 436 g/mol. The first-order valence-corrected chi connectivity index (χ1v) is 9.80. The van der Waals surface area contributed by atoms with Crippen LogP contribution < -0.4 is 15.7 Å². The summed E-state index contributed by atoms with van der Waals surface area (Å²) in [5.74, 6) is -1.13. The SMILES string of the molecule is O=c1[nH]sc2c1c(=O)c1cc(F)c(-c3ccc(OC(F)(F)F)cc3)cc1n2C1CC1. The Kier molecular flexibility index (Phi) is 4.04. The fraction of sp³-hybridized carbons (Fsp3) is 0.200. The van der Waals surface area contributed by atoms with Crippen molar-refractivity contribution in [3.05, 3.63) is 62.8 Å². The van der Waals surface area contributed by atoms with Crippen LogP contribution in [0, 0.1) is 5.82 Å². The maximum atomic E-state index is 14.9. The quantitative estimate of drug-likeness (QED) is 0.463. The maximum absolute atomic E-state index is 14.9. The number of nitrogens with one attached hydrogen (secondary N) is 1. The van der Waals surface area contributed by atoms with E-state index in [0.717, 1.165) is 42.6 Å². The van der Waals surface area contributed by atoms with Crippen LogP contribution in [0.3, 0.4) is 0 Å². The fourth-order valence-electron chi connectivity index (χ4n) is 3.60. The van der Waals surface area contributed by atoms with Crippen molar-refractivity contribution < 1.29 is 22.3 Å². The van der Waals surface area contributed by atoms with Gasteiger partial charge in [0.05, 0.1) is 5.52 Å². The van der Waals surface area contributed by atoms with E-state index in [-0.39, 0.29) is 22.4 Å². The zero-order valence-electron chi connectivity index (χ0n) is 15.0. The molecule has 0 radical (unpaired) electrons. The molecular weight excluding hydrogens is 424 g/mol. The van der Waals surface area contributed by atoms with Gasteiger partial charge in [0, 0.05) is 17.0 Å². The predicted octanol–water partition coefficient (Wildman–Crippen LogP) is 4.94. The normalized spacial score (nSPS) is 14.5. The van der Waals surface area contributed by atoms with Crippen molar-refractivity contribution >= 4 is 32.7 Å². The Morgan fingerprint density at radius 1 is 1.10 bits per heavy atom. The van der Waals surface area contributed by atoms with E-state index in [2.05, 4.69) is 9.11 Å². The Morgan fingerprint density at radius 2 is 1.80 bits per heavy atom. The van der Waals surface area contributed by atoms with E-state index in [1.54, 1.807) is 0 Å². The topological polar surface area (TPSA) is 64.1 Å². The summed E-state index contributed by atoms with van der Waals surface area (Å²) in [6.07, 6.45) is -3.08. The molecule has 5 rings (SSSR count). The lowest BCUT2D eigenvalue weighted by molar-refractivity contribution is -0.274. The van der Waals surface area contributed by atoms with Crippen molar-refractivity contribution in [3.8, 4) is 16.9 Å². The number of halogens is 4. The molecule has 0 aliphatic heterocycles. The number of hydrogen-bond acceptors (Lipinski definition) is 4. The summed E-state index contributed by atoms with van der Waals surface area (Å²) in [5.41, 5.74) is -0.0877. The molecule has 2 aromatic carbocycles. The highest BCUT2D eigenvalue weighted by Crippen LogP contribution is 2.41. The van der Waals surface area contributed by atoms with Gasteiger partial charge in [-0.15, -0.1) is 13.2 Å². The van der Waals surface area contributed by atoms with E-state index in [4.69, 9.17) is 0 Å². The molecule has 0 unspecified atom stereocenters. The molecule has 1 saturated carbocycles. The molecule has 1 N–H and O–H groups in total. The predicted molar refractivity (Wildman–Crippen MR) is 105 cm³/mol. The molecule has 10 heteroatoms. The summed E-state index contributed by atoms with van der Waals surface area (Å²) in [5, 5.41) is 0.108. The summed E-state index contributed by atoms with van der Waals surface area (Å²) in [6, 6.07) is 7.53. The van der Waals surface area contributed by atoms with E-state index >= 15 is 0 Å². The number of alkyl halides is 3. The highest BCUT2D eigenvalue weighted by molar-refractivity contribution is 7.12. The molecule has 0 spiro atoms. The third kappa shape index (κ3) is 3.07. The second kappa shape index (κ2) is 6.43. The van der Waals surface area contributed by atoms with Gasteiger partial charge in [0.1, 0.15) is 21.8 Å². The van der Waals surface area contributed by atoms with E-state index in [1.807, 2.05) is 4.57 Å². The van der Waals surface area contributed by atoms with Gasteiger partial charge >= 0.3 is 6.36 Å². The molecule has 2 heterocycles. The van der Waals surface area contributed by atoms with Crippen molar-refractivity contribution in [1.82, 2.24) is 8.94 Å². The molecule has 4 aromatic rings. The molecule has 0 saturated heterocycles. The van der Waals surface area contributed by atoms with Crippen LogP contribution in [-0.2, 0) is 0 Å². The number of nitrogens with zero attached hydrogens (tertiary/aromatic N) is 1. The average molecular weight is 436 g/mol. The number of aromatic amines is 1. The van der Waals surface area contributed by atoms with Crippen molar-refractivity contribution in [2.24, 2.45) is 0 Å². The number of benzene rings is 2. The molecule has 1 aliphatic carbocycles. The second-order valence-electron chi connectivity index (χ2n) is 7.07. The highest BCUT2D eigenvalue weighted by atomic mass is 32.1. The van der Waals surface area contributed by atoms with Crippen LogP contribution in [0.2, 0.25) is 0 Å². The Bertz CT molecular complexity index is 1410. The number of ether oxygens (including phenoxy) is 1. The zero-order chi connectivity index (χ0) is 21.2. The summed E-state index contributed by atoms with van der Waals surface area (Å²) in [4.78, 5) is 25.4. The third-order valence-electron chi connectivity index (χ3n) is 5.03. The molecule has 1 aliphatic rings. The summed E-state index contributed by atoms with van der Waals surface area (Å²) < 4.78 is 60.3. The third-order valence-corrected chi connectivity index (χ3v) is 5.91. The van der Waals surface area contributed by atoms with E-state index in [9.17, 15) is 27.2 Å². The lowest BCUT2D eigenvalue weighted by Crippen LogP contribution is -2.17. The Balaban J connectivity index is 1.72. The minimum Gasteiger partial charge on any atom is -0.406 e. The summed E-state index contributed by atoms with van der Waals surface area (Å²) in [6.45, 7) is 0. The van der Waals surface area contributed by atoms with Crippen LogP contribution in [0.5, 0.6) is 5.75 Å². The standard InChI is InChI=1S/C20H12F4N2O3S/c21-14-7-13-15(8-12(14)9-1-5-11(6-2-9)29-20(22,23)24)26(10-3-4-10)19-16(17(13)27)18(28)25-30-19/h1-2,5-8,10H,3-4H2,(H,25,28). The van der Waals surface area contributed by atoms with Crippen LogP contribution in [0.25, 0.3) is 32.2 Å². The number of aromatic nitrogens is 2. The molecule has 0 bridgehead atoms. The Morgan fingerprint density at radius 3 is 2.43 bits per heavy atom. The number of pyridine rings is 1. The van der Waals surface area contributed by atoms with Crippen LogP contribution in [0.1, 0.15) is 18.9 Å². The first-order valence-electron chi connectivity index (χ1n) is 8.98. The fourth-order valence-corrected chi connectivity index (χ4v) is 4.53. The molecule has 0 amide bonds. The molecular formula is C20H12F4N2O3S.